The number of rotatable bonds is 8. The highest BCUT2D eigenvalue weighted by molar-refractivity contribution is 8.16. The van der Waals surface area contributed by atoms with Crippen molar-refractivity contribution in [2.24, 2.45) is 4.99 Å². The number of amidine groups is 1. The highest BCUT2D eigenvalue weighted by Crippen LogP contribution is 2.41. The number of aliphatic imine (C=N–C) groups is 1. The van der Waals surface area contributed by atoms with Gasteiger partial charge < -0.3 is 9.64 Å². The van der Waals surface area contributed by atoms with Gasteiger partial charge in [-0.2, -0.15) is 4.99 Å². The molecule has 0 N–H and O–H groups in total. The Morgan fingerprint density at radius 2 is 2.04 bits per heavy atom. The molecule has 6 nitrogen and oxygen atoms in total. The van der Waals surface area contributed by atoms with Crippen LogP contribution in [0.2, 0.25) is 0 Å². The number of amides is 1. The van der Waals surface area contributed by atoms with Gasteiger partial charge in [-0.25, -0.2) is 8.42 Å². The van der Waals surface area contributed by atoms with E-state index < -0.39 is 9.84 Å². The van der Waals surface area contributed by atoms with E-state index in [0.29, 0.717) is 18.2 Å². The highest BCUT2D eigenvalue weighted by atomic mass is 32.2. The molecule has 2 heterocycles. The molecule has 0 aromatic heterocycles. The molecule has 1 amide bonds. The number of ether oxygens (including phenoxy) is 1. The number of fused-ring (bicyclic) bond motifs is 1. The van der Waals surface area contributed by atoms with Crippen molar-refractivity contribution in [3.05, 3.63) is 24.3 Å². The predicted octanol–water partition coefficient (Wildman–Crippen LogP) is 3.66. The fourth-order valence-corrected chi connectivity index (χ4v) is 7.35. The van der Waals surface area contributed by atoms with Gasteiger partial charge in [-0.15, -0.1) is 0 Å². The average Bonchev–Trinajstić information content (AvgIpc) is 3.11. The lowest BCUT2D eigenvalue weighted by Crippen LogP contribution is -2.37. The summed E-state index contributed by atoms with van der Waals surface area (Å²) in [4.78, 5) is 18.5. The van der Waals surface area contributed by atoms with E-state index in [-0.39, 0.29) is 28.7 Å². The summed E-state index contributed by atoms with van der Waals surface area (Å²) in [5.74, 6) is 0.825. The van der Waals surface area contributed by atoms with Crippen LogP contribution in [-0.2, 0) is 14.6 Å². The molecule has 28 heavy (non-hydrogen) atoms. The number of thioether (sulfide) groups is 1. The Balaban J connectivity index is 1.87. The Morgan fingerprint density at radius 3 is 2.79 bits per heavy atom. The monoisotopic (exact) mass is 424 g/mol. The van der Waals surface area contributed by atoms with Crippen LogP contribution in [0.5, 0.6) is 5.75 Å². The van der Waals surface area contributed by atoms with Gasteiger partial charge in [0.2, 0.25) is 5.91 Å². The van der Waals surface area contributed by atoms with Crippen LogP contribution in [-0.4, -0.2) is 48.9 Å². The van der Waals surface area contributed by atoms with Gasteiger partial charge in [-0.1, -0.05) is 44.5 Å². The first-order valence-corrected chi connectivity index (χ1v) is 12.6. The number of carbonyl (C=O) groups is 1. The molecule has 2 aliphatic heterocycles. The summed E-state index contributed by atoms with van der Waals surface area (Å²) in [5, 5.41) is 0.518. The largest absolute Gasteiger partial charge is 0.494 e. The molecule has 0 spiro atoms. The van der Waals surface area contributed by atoms with Crippen molar-refractivity contribution in [2.45, 2.75) is 57.2 Å². The lowest BCUT2D eigenvalue weighted by Gasteiger charge is -2.25. The molecule has 0 aliphatic carbocycles. The van der Waals surface area contributed by atoms with Crippen LogP contribution >= 0.6 is 11.8 Å². The van der Waals surface area contributed by atoms with Gasteiger partial charge in [-0.3, -0.25) is 4.79 Å². The fourth-order valence-electron chi connectivity index (χ4n) is 3.41. The summed E-state index contributed by atoms with van der Waals surface area (Å²) in [6, 6.07) is 7.43. The molecule has 1 aromatic carbocycles. The Bertz CT molecular complexity index is 838. The van der Waals surface area contributed by atoms with Gasteiger partial charge >= 0.3 is 0 Å². The van der Waals surface area contributed by atoms with Gasteiger partial charge in [0.25, 0.3) is 0 Å². The summed E-state index contributed by atoms with van der Waals surface area (Å²) in [6.07, 6.45) is 4.20. The van der Waals surface area contributed by atoms with E-state index in [1.54, 1.807) is 0 Å². The molecule has 2 saturated heterocycles. The Kier molecular flexibility index (Phi) is 7.04. The van der Waals surface area contributed by atoms with E-state index in [0.717, 1.165) is 37.1 Å². The van der Waals surface area contributed by atoms with Gasteiger partial charge in [0.05, 0.1) is 24.2 Å². The maximum atomic E-state index is 12.3. The average molecular weight is 425 g/mol. The number of benzene rings is 1. The van der Waals surface area contributed by atoms with Gasteiger partial charge in [0.1, 0.15) is 5.75 Å². The van der Waals surface area contributed by atoms with E-state index in [1.165, 1.54) is 11.8 Å². The second kappa shape index (κ2) is 9.31. The van der Waals surface area contributed by atoms with Crippen LogP contribution in [0.1, 0.15) is 46.0 Å². The second-order valence-electron chi connectivity index (χ2n) is 7.26. The summed E-state index contributed by atoms with van der Waals surface area (Å²) in [7, 11) is -3.07. The molecule has 2 atom stereocenters. The first-order chi connectivity index (χ1) is 13.4. The maximum Gasteiger partial charge on any atom is 0.248 e. The molecule has 0 unspecified atom stereocenters. The zero-order valence-electron chi connectivity index (χ0n) is 16.5. The summed E-state index contributed by atoms with van der Waals surface area (Å²) in [5.41, 5.74) is 0.827. The third-order valence-corrected chi connectivity index (χ3v) is 8.10. The maximum absolute atomic E-state index is 12.3. The number of hydrogen-bond acceptors (Lipinski definition) is 5. The molecule has 154 valence electrons. The molecule has 2 aliphatic rings. The first-order valence-electron chi connectivity index (χ1n) is 9.94. The van der Waals surface area contributed by atoms with Gasteiger partial charge in [0, 0.05) is 23.4 Å². The minimum Gasteiger partial charge on any atom is -0.494 e. The molecule has 0 radical (unpaired) electrons. The normalized spacial score (nSPS) is 24.5. The van der Waals surface area contributed by atoms with Crippen LogP contribution in [0.15, 0.2) is 29.3 Å². The van der Waals surface area contributed by atoms with E-state index in [4.69, 9.17) is 4.74 Å². The van der Waals surface area contributed by atoms with Crippen molar-refractivity contribution in [3.63, 3.8) is 0 Å². The van der Waals surface area contributed by atoms with Crippen molar-refractivity contribution in [2.75, 3.05) is 23.0 Å². The second-order valence-corrected chi connectivity index (χ2v) is 10.6. The standard InChI is InChI=1S/C20H28N2O4S2/c1-3-5-10-19(23)21-20-22(17-13-28(24,25)14-18(17)27-20)15-8-7-9-16(12-15)26-11-6-4-2/h7-9,12,17-18H,3-6,10-11,13-14H2,1-2H3/t17-,18-/m1/s1. The fraction of sp³-hybridized carbons (Fsp3) is 0.600. The van der Waals surface area contributed by atoms with Gasteiger partial charge in [-0.05, 0) is 25.0 Å². The number of nitrogens with zero attached hydrogens (tertiary/aromatic N) is 2. The summed E-state index contributed by atoms with van der Waals surface area (Å²) in [6.45, 7) is 4.79. The van der Waals surface area contributed by atoms with Crippen LogP contribution in [0.3, 0.4) is 0 Å². The van der Waals surface area contributed by atoms with Crippen molar-refractivity contribution in [1.29, 1.82) is 0 Å². The third-order valence-electron chi connectivity index (χ3n) is 4.89. The van der Waals surface area contributed by atoms with E-state index in [1.807, 2.05) is 36.1 Å². The van der Waals surface area contributed by atoms with Crippen molar-refractivity contribution < 1.29 is 17.9 Å². The lowest BCUT2D eigenvalue weighted by atomic mass is 10.2. The minimum absolute atomic E-state index is 0.0904. The number of unbranched alkanes of at least 4 members (excludes halogenated alkanes) is 2. The topological polar surface area (TPSA) is 76.0 Å². The van der Waals surface area contributed by atoms with Crippen molar-refractivity contribution >= 4 is 38.4 Å². The van der Waals surface area contributed by atoms with E-state index >= 15 is 0 Å². The third kappa shape index (κ3) is 5.08. The predicted molar refractivity (Wildman–Crippen MR) is 115 cm³/mol. The molecule has 2 fully saturated rings. The van der Waals surface area contributed by atoms with E-state index in [9.17, 15) is 13.2 Å². The molecular weight excluding hydrogens is 396 g/mol. The smallest absolute Gasteiger partial charge is 0.248 e. The lowest BCUT2D eigenvalue weighted by molar-refractivity contribution is -0.117. The Hall–Kier alpha value is -1.54. The van der Waals surface area contributed by atoms with Crippen LogP contribution < -0.4 is 9.64 Å². The van der Waals surface area contributed by atoms with Crippen LogP contribution in [0.25, 0.3) is 0 Å². The molecule has 1 aromatic rings. The Morgan fingerprint density at radius 1 is 1.25 bits per heavy atom. The van der Waals surface area contributed by atoms with Crippen LogP contribution in [0.4, 0.5) is 5.69 Å². The van der Waals surface area contributed by atoms with Gasteiger partial charge in [0.15, 0.2) is 15.0 Å². The summed E-state index contributed by atoms with van der Waals surface area (Å²) >= 11 is 1.41. The molecule has 0 saturated carbocycles. The molecular formula is C20H28N2O4S2. The number of carbonyl (C=O) groups excluding carboxylic acids is 1. The number of anilines is 1. The molecule has 0 bridgehead atoms. The van der Waals surface area contributed by atoms with E-state index in [2.05, 4.69) is 11.9 Å². The summed E-state index contributed by atoms with van der Waals surface area (Å²) < 4.78 is 30.1. The van der Waals surface area contributed by atoms with Crippen LogP contribution in [0, 0.1) is 0 Å². The zero-order chi connectivity index (χ0) is 20.1. The quantitative estimate of drug-likeness (QED) is 0.593. The molecule has 8 heteroatoms. The number of hydrogen-bond donors (Lipinski definition) is 0. The number of sulfone groups is 1. The van der Waals surface area contributed by atoms with Crippen molar-refractivity contribution in [1.82, 2.24) is 0 Å². The SMILES string of the molecule is CCCCOc1cccc(N2C(=NC(=O)CCCC)S[C@@H]3CS(=O)(=O)C[C@H]32)c1. The zero-order valence-corrected chi connectivity index (χ0v) is 18.1. The minimum atomic E-state index is -3.07. The molecule has 3 rings (SSSR count). The highest BCUT2D eigenvalue weighted by Gasteiger charge is 2.49. The first kappa shape index (κ1) is 21.2. The Labute approximate surface area is 171 Å². The van der Waals surface area contributed by atoms with Crippen molar-refractivity contribution in [3.8, 4) is 5.75 Å².